The molecule has 112 valence electrons. The fourth-order valence-corrected chi connectivity index (χ4v) is 1.81. The average Bonchev–Trinajstić information content (AvgIpc) is 2.71. The second kappa shape index (κ2) is 5.99. The van der Waals surface area contributed by atoms with Crippen molar-refractivity contribution in [2.45, 2.75) is 33.3 Å². The van der Waals surface area contributed by atoms with Crippen molar-refractivity contribution in [3.8, 4) is 0 Å². The molecule has 0 aliphatic rings. The molecule has 0 atom stereocenters. The molecule has 1 N–H and O–H groups in total. The van der Waals surface area contributed by atoms with Gasteiger partial charge in [-0.3, -0.25) is 0 Å². The average molecular weight is 288 g/mol. The zero-order valence-corrected chi connectivity index (χ0v) is 12.8. The zero-order chi connectivity index (χ0) is 15.5. The van der Waals surface area contributed by atoms with Crippen molar-refractivity contribution in [2.75, 3.05) is 6.54 Å². The first-order chi connectivity index (χ1) is 9.83. The molecule has 5 heteroatoms. The number of hydrogen-bond donors (Lipinski definition) is 1. The van der Waals surface area contributed by atoms with Gasteiger partial charge in [-0.25, -0.2) is 9.78 Å². The minimum atomic E-state index is -0.483. The van der Waals surface area contributed by atoms with Crippen LogP contribution in [0.15, 0.2) is 28.7 Å². The molecule has 0 fully saturated rings. The van der Waals surface area contributed by atoms with Gasteiger partial charge < -0.3 is 14.5 Å². The normalized spacial score (nSPS) is 12.0. The third kappa shape index (κ3) is 4.63. The number of aromatic nitrogens is 1. The highest BCUT2D eigenvalue weighted by atomic mass is 16.6. The summed E-state index contributed by atoms with van der Waals surface area (Å²) in [7, 11) is 0. The number of oxazole rings is 1. The summed E-state index contributed by atoms with van der Waals surface area (Å²) in [4.78, 5) is 15.7. The van der Waals surface area contributed by atoms with Gasteiger partial charge in [0.25, 0.3) is 0 Å². The lowest BCUT2D eigenvalue weighted by Gasteiger charge is -2.19. The van der Waals surface area contributed by atoms with E-state index < -0.39 is 11.7 Å². The van der Waals surface area contributed by atoms with E-state index in [4.69, 9.17) is 9.15 Å². The van der Waals surface area contributed by atoms with Gasteiger partial charge in [-0.05, 0) is 38.5 Å². The molecular formula is C16H20N2O3. The summed E-state index contributed by atoms with van der Waals surface area (Å²) in [5.74, 6) is 0.651. The Morgan fingerprint density at radius 1 is 1.43 bits per heavy atom. The zero-order valence-electron chi connectivity index (χ0n) is 12.8. The third-order valence-corrected chi connectivity index (χ3v) is 2.59. The summed E-state index contributed by atoms with van der Waals surface area (Å²) >= 11 is 0. The lowest BCUT2D eigenvalue weighted by Crippen LogP contribution is -2.32. The number of rotatable bonds is 3. The molecule has 5 nitrogen and oxygen atoms in total. The standard InChI is InChI=1S/C16H20N2O3/c1-11-18-13-8-7-12(10-14(13)20-11)6-5-9-17-15(19)21-16(2,3)4/h5-8,10H,9H2,1-4H3,(H,17,19). The Morgan fingerprint density at radius 2 is 2.19 bits per heavy atom. The van der Waals surface area contributed by atoms with Crippen molar-refractivity contribution in [1.29, 1.82) is 0 Å². The van der Waals surface area contributed by atoms with Gasteiger partial charge in [-0.2, -0.15) is 0 Å². The van der Waals surface area contributed by atoms with Crippen LogP contribution in [0.5, 0.6) is 0 Å². The molecule has 0 aliphatic heterocycles. The number of carbonyl (C=O) groups excluding carboxylic acids is 1. The smallest absolute Gasteiger partial charge is 0.407 e. The van der Waals surface area contributed by atoms with Gasteiger partial charge in [0.2, 0.25) is 0 Å². The molecule has 2 aromatic rings. The SMILES string of the molecule is Cc1nc2ccc(C=CCNC(=O)OC(C)(C)C)cc2o1. The summed E-state index contributed by atoms with van der Waals surface area (Å²) in [5, 5.41) is 2.67. The van der Waals surface area contributed by atoms with Crippen molar-refractivity contribution in [2.24, 2.45) is 0 Å². The largest absolute Gasteiger partial charge is 0.444 e. The molecule has 1 heterocycles. The molecule has 1 amide bonds. The molecule has 21 heavy (non-hydrogen) atoms. The molecule has 0 saturated carbocycles. The number of carbonyl (C=O) groups is 1. The molecule has 0 saturated heterocycles. The number of hydrogen-bond acceptors (Lipinski definition) is 4. The maximum atomic E-state index is 11.5. The monoisotopic (exact) mass is 288 g/mol. The Labute approximate surface area is 124 Å². The topological polar surface area (TPSA) is 64.4 Å². The van der Waals surface area contributed by atoms with E-state index >= 15 is 0 Å². The summed E-state index contributed by atoms with van der Waals surface area (Å²) in [6.07, 6.45) is 3.34. The van der Waals surface area contributed by atoms with Crippen LogP contribution in [-0.4, -0.2) is 23.2 Å². The van der Waals surface area contributed by atoms with E-state index in [0.717, 1.165) is 16.7 Å². The van der Waals surface area contributed by atoms with E-state index in [-0.39, 0.29) is 0 Å². The van der Waals surface area contributed by atoms with Crippen LogP contribution in [-0.2, 0) is 4.74 Å². The number of nitrogens with one attached hydrogen (secondary N) is 1. The van der Waals surface area contributed by atoms with E-state index in [1.165, 1.54) is 0 Å². The van der Waals surface area contributed by atoms with Crippen molar-refractivity contribution in [3.63, 3.8) is 0 Å². The Morgan fingerprint density at radius 3 is 2.90 bits per heavy atom. The third-order valence-electron chi connectivity index (χ3n) is 2.59. The van der Waals surface area contributed by atoms with E-state index in [1.54, 1.807) is 0 Å². The van der Waals surface area contributed by atoms with Crippen LogP contribution in [0.25, 0.3) is 17.2 Å². The summed E-state index contributed by atoms with van der Waals surface area (Å²) < 4.78 is 10.6. The Bertz CT molecular complexity index is 666. The van der Waals surface area contributed by atoms with Gasteiger partial charge >= 0.3 is 6.09 Å². The highest BCUT2D eigenvalue weighted by Crippen LogP contribution is 2.17. The van der Waals surface area contributed by atoms with E-state index in [1.807, 2.05) is 58.0 Å². The fourth-order valence-electron chi connectivity index (χ4n) is 1.81. The molecule has 1 aromatic heterocycles. The lowest BCUT2D eigenvalue weighted by atomic mass is 10.2. The minimum Gasteiger partial charge on any atom is -0.444 e. The van der Waals surface area contributed by atoms with Gasteiger partial charge in [0.05, 0.1) is 0 Å². The van der Waals surface area contributed by atoms with Crippen LogP contribution in [0.2, 0.25) is 0 Å². The summed E-state index contributed by atoms with van der Waals surface area (Å²) in [5.41, 5.74) is 2.11. The number of benzene rings is 1. The molecule has 2 rings (SSSR count). The number of aryl methyl sites for hydroxylation is 1. The van der Waals surface area contributed by atoms with E-state index in [2.05, 4.69) is 10.3 Å². The second-order valence-electron chi connectivity index (χ2n) is 5.75. The van der Waals surface area contributed by atoms with Gasteiger partial charge in [0, 0.05) is 13.5 Å². The molecule has 1 aromatic carbocycles. The van der Waals surface area contributed by atoms with E-state index in [0.29, 0.717) is 12.4 Å². The summed E-state index contributed by atoms with van der Waals surface area (Å²) in [6, 6.07) is 5.78. The Balaban J connectivity index is 1.89. The van der Waals surface area contributed by atoms with Crippen molar-refractivity contribution in [3.05, 3.63) is 35.7 Å². The van der Waals surface area contributed by atoms with Crippen LogP contribution in [0.4, 0.5) is 4.79 Å². The molecule has 0 spiro atoms. The maximum absolute atomic E-state index is 11.5. The predicted octanol–water partition coefficient (Wildman–Crippen LogP) is 3.67. The fraction of sp³-hybridized carbons (Fsp3) is 0.375. The second-order valence-corrected chi connectivity index (χ2v) is 5.75. The quantitative estimate of drug-likeness (QED) is 0.935. The summed E-state index contributed by atoms with van der Waals surface area (Å²) in [6.45, 7) is 7.72. The van der Waals surface area contributed by atoms with Crippen LogP contribution >= 0.6 is 0 Å². The molecular weight excluding hydrogens is 268 g/mol. The molecule has 0 bridgehead atoms. The highest BCUT2D eigenvalue weighted by molar-refractivity contribution is 5.76. The maximum Gasteiger partial charge on any atom is 0.407 e. The van der Waals surface area contributed by atoms with Crippen molar-refractivity contribution in [1.82, 2.24) is 10.3 Å². The molecule has 0 radical (unpaired) electrons. The van der Waals surface area contributed by atoms with Crippen LogP contribution in [0.3, 0.4) is 0 Å². The van der Waals surface area contributed by atoms with Crippen LogP contribution in [0, 0.1) is 6.92 Å². The van der Waals surface area contributed by atoms with Crippen LogP contribution in [0.1, 0.15) is 32.2 Å². The lowest BCUT2D eigenvalue weighted by molar-refractivity contribution is 0.0534. The molecule has 0 aliphatic carbocycles. The van der Waals surface area contributed by atoms with Crippen molar-refractivity contribution >= 4 is 23.3 Å². The van der Waals surface area contributed by atoms with Crippen LogP contribution < -0.4 is 5.32 Å². The van der Waals surface area contributed by atoms with Gasteiger partial charge in [0.1, 0.15) is 11.1 Å². The van der Waals surface area contributed by atoms with Gasteiger partial charge in [-0.15, -0.1) is 0 Å². The van der Waals surface area contributed by atoms with E-state index in [9.17, 15) is 4.79 Å². The highest BCUT2D eigenvalue weighted by Gasteiger charge is 2.14. The minimum absolute atomic E-state index is 0.405. The first-order valence-electron chi connectivity index (χ1n) is 6.84. The first-order valence-corrected chi connectivity index (χ1v) is 6.84. The molecule has 0 unspecified atom stereocenters. The number of amides is 1. The Hall–Kier alpha value is -2.30. The van der Waals surface area contributed by atoms with Gasteiger partial charge in [0.15, 0.2) is 11.5 Å². The van der Waals surface area contributed by atoms with Crippen molar-refractivity contribution < 1.29 is 13.9 Å². The predicted molar refractivity (Wildman–Crippen MR) is 82.0 cm³/mol. The number of alkyl carbamates (subject to hydrolysis) is 1. The number of ether oxygens (including phenoxy) is 1. The van der Waals surface area contributed by atoms with Gasteiger partial charge in [-0.1, -0.05) is 18.2 Å². The first kappa shape index (κ1) is 15.1. The number of fused-ring (bicyclic) bond motifs is 1. The Kier molecular flexibility index (Phi) is 4.31. The number of nitrogens with zero attached hydrogens (tertiary/aromatic N) is 1.